The summed E-state index contributed by atoms with van der Waals surface area (Å²) in [5, 5.41) is 14.4. The summed E-state index contributed by atoms with van der Waals surface area (Å²) in [5.41, 5.74) is 1.04. The Kier molecular flexibility index (Phi) is 3.88. The van der Waals surface area contributed by atoms with Gasteiger partial charge < -0.3 is 10.4 Å². The summed E-state index contributed by atoms with van der Waals surface area (Å²) in [7, 11) is 0. The van der Waals surface area contributed by atoms with E-state index in [1.54, 1.807) is 6.92 Å². The summed E-state index contributed by atoms with van der Waals surface area (Å²) in [4.78, 5) is 14.8. The molecule has 0 fully saturated rings. The molecule has 0 bridgehead atoms. The van der Waals surface area contributed by atoms with Gasteiger partial charge in [-0.25, -0.2) is 4.98 Å². The number of carboxylic acids is 1. The van der Waals surface area contributed by atoms with Crippen LogP contribution >= 0.6 is 11.3 Å². The zero-order valence-corrected chi connectivity index (χ0v) is 9.10. The molecule has 1 aromatic heterocycles. The number of hydrogen-bond acceptors (Lipinski definition) is 4. The van der Waals surface area contributed by atoms with Crippen LogP contribution in [-0.4, -0.2) is 22.6 Å². The van der Waals surface area contributed by atoms with Crippen LogP contribution in [0.4, 0.5) is 5.13 Å². The van der Waals surface area contributed by atoms with Crippen LogP contribution in [0.25, 0.3) is 0 Å². The van der Waals surface area contributed by atoms with Crippen molar-refractivity contribution < 1.29 is 9.90 Å². The largest absolute Gasteiger partial charge is 0.481 e. The van der Waals surface area contributed by atoms with Crippen LogP contribution < -0.4 is 5.32 Å². The summed E-state index contributed by atoms with van der Waals surface area (Å²) in [6, 6.07) is 0. The molecule has 0 saturated heterocycles. The molecule has 1 heterocycles. The van der Waals surface area contributed by atoms with Gasteiger partial charge in [0.1, 0.15) is 0 Å². The van der Waals surface area contributed by atoms with E-state index in [0.717, 1.165) is 17.2 Å². The van der Waals surface area contributed by atoms with Crippen molar-refractivity contribution in [1.29, 1.82) is 0 Å². The molecule has 0 aromatic carbocycles. The van der Waals surface area contributed by atoms with E-state index in [2.05, 4.69) is 10.3 Å². The Morgan fingerprint density at radius 1 is 1.79 bits per heavy atom. The molecule has 1 rings (SSSR count). The van der Waals surface area contributed by atoms with Gasteiger partial charge in [0.2, 0.25) is 0 Å². The number of nitrogens with zero attached hydrogens (tertiary/aromatic N) is 1. The fourth-order valence-corrected chi connectivity index (χ4v) is 1.68. The van der Waals surface area contributed by atoms with Gasteiger partial charge in [0.05, 0.1) is 11.6 Å². The first-order valence-corrected chi connectivity index (χ1v) is 5.42. The molecule has 1 aromatic rings. The van der Waals surface area contributed by atoms with Gasteiger partial charge in [-0.05, 0) is 6.42 Å². The number of thiazole rings is 1. The lowest BCUT2D eigenvalue weighted by molar-refractivity contribution is -0.140. The average Bonchev–Trinajstić information content (AvgIpc) is 2.61. The van der Waals surface area contributed by atoms with Gasteiger partial charge >= 0.3 is 5.97 Å². The number of carbonyl (C=O) groups is 1. The maximum atomic E-state index is 10.5. The van der Waals surface area contributed by atoms with Crippen molar-refractivity contribution in [1.82, 2.24) is 4.98 Å². The molecule has 1 unspecified atom stereocenters. The summed E-state index contributed by atoms with van der Waals surface area (Å²) in [5.74, 6) is -1.17. The van der Waals surface area contributed by atoms with Crippen LogP contribution in [0.3, 0.4) is 0 Å². The van der Waals surface area contributed by atoms with Crippen molar-refractivity contribution >= 4 is 22.4 Å². The molecule has 0 aliphatic heterocycles. The Labute approximate surface area is 87.0 Å². The first-order chi connectivity index (χ1) is 6.63. The molecule has 0 aliphatic carbocycles. The van der Waals surface area contributed by atoms with Crippen molar-refractivity contribution in [2.75, 3.05) is 11.9 Å². The number of aryl methyl sites for hydroxylation is 1. The number of carboxylic acid groups (broad SMARTS) is 1. The second-order valence-electron chi connectivity index (χ2n) is 3.12. The van der Waals surface area contributed by atoms with E-state index in [4.69, 9.17) is 5.11 Å². The zero-order chi connectivity index (χ0) is 10.6. The number of rotatable bonds is 5. The van der Waals surface area contributed by atoms with Crippen molar-refractivity contribution in [3.63, 3.8) is 0 Å². The van der Waals surface area contributed by atoms with Crippen molar-refractivity contribution in [2.45, 2.75) is 20.3 Å². The molecule has 1 atom stereocenters. The first-order valence-electron chi connectivity index (χ1n) is 4.54. The van der Waals surface area contributed by atoms with Crippen LogP contribution in [0.15, 0.2) is 5.38 Å². The lowest BCUT2D eigenvalue weighted by atomic mass is 10.2. The summed E-state index contributed by atoms with van der Waals surface area (Å²) in [6.07, 6.45) is 0.909. The van der Waals surface area contributed by atoms with E-state index in [9.17, 15) is 4.79 Å². The van der Waals surface area contributed by atoms with E-state index >= 15 is 0 Å². The number of anilines is 1. The summed E-state index contributed by atoms with van der Waals surface area (Å²) < 4.78 is 0. The topological polar surface area (TPSA) is 62.2 Å². The minimum atomic E-state index is -0.787. The number of nitrogens with one attached hydrogen (secondary N) is 1. The minimum Gasteiger partial charge on any atom is -0.481 e. The van der Waals surface area contributed by atoms with Crippen LogP contribution in [0, 0.1) is 5.92 Å². The zero-order valence-electron chi connectivity index (χ0n) is 8.28. The van der Waals surface area contributed by atoms with Crippen LogP contribution in [0.5, 0.6) is 0 Å². The van der Waals surface area contributed by atoms with Gasteiger partial charge in [-0.2, -0.15) is 0 Å². The highest BCUT2D eigenvalue weighted by Crippen LogP contribution is 2.15. The highest BCUT2D eigenvalue weighted by Gasteiger charge is 2.10. The summed E-state index contributed by atoms with van der Waals surface area (Å²) in [6.45, 7) is 4.13. The molecule has 0 radical (unpaired) electrons. The molecular formula is C9H14N2O2S. The van der Waals surface area contributed by atoms with Gasteiger partial charge in [0.15, 0.2) is 5.13 Å². The average molecular weight is 214 g/mol. The molecule has 5 heteroatoms. The third-order valence-electron chi connectivity index (χ3n) is 1.90. The Morgan fingerprint density at radius 2 is 2.50 bits per heavy atom. The predicted molar refractivity (Wildman–Crippen MR) is 56.8 cm³/mol. The van der Waals surface area contributed by atoms with Gasteiger partial charge in [-0.1, -0.05) is 13.8 Å². The molecule has 4 nitrogen and oxygen atoms in total. The monoisotopic (exact) mass is 214 g/mol. The van der Waals surface area contributed by atoms with Gasteiger partial charge in [-0.15, -0.1) is 11.3 Å². The van der Waals surface area contributed by atoms with Gasteiger partial charge in [-0.3, -0.25) is 4.79 Å². The second kappa shape index (κ2) is 4.95. The summed E-state index contributed by atoms with van der Waals surface area (Å²) >= 11 is 1.51. The fraction of sp³-hybridized carbons (Fsp3) is 0.556. The normalized spacial score (nSPS) is 12.4. The molecule has 0 amide bonds. The lowest BCUT2D eigenvalue weighted by Crippen LogP contribution is -2.19. The maximum absolute atomic E-state index is 10.5. The molecule has 78 valence electrons. The molecule has 14 heavy (non-hydrogen) atoms. The van der Waals surface area contributed by atoms with E-state index in [-0.39, 0.29) is 5.92 Å². The minimum absolute atomic E-state index is 0.385. The Balaban J connectivity index is 2.41. The molecular weight excluding hydrogens is 200 g/mol. The second-order valence-corrected chi connectivity index (χ2v) is 3.98. The standard InChI is InChI=1S/C9H14N2O2S/c1-3-7-5-14-9(11-7)10-4-6(2)8(12)13/h5-6H,3-4H2,1-2H3,(H,10,11)(H,12,13). The van der Waals surface area contributed by atoms with Crippen LogP contribution in [0.1, 0.15) is 19.5 Å². The van der Waals surface area contributed by atoms with E-state index in [1.807, 2.05) is 12.3 Å². The first kappa shape index (κ1) is 11.0. The van der Waals surface area contributed by atoms with Gasteiger partial charge in [0.25, 0.3) is 0 Å². The SMILES string of the molecule is CCc1csc(NCC(C)C(=O)O)n1. The quantitative estimate of drug-likeness (QED) is 0.785. The Hall–Kier alpha value is -1.10. The Bertz CT molecular complexity index is 312. The number of aromatic nitrogens is 1. The fourth-order valence-electron chi connectivity index (χ4n) is 0.878. The van der Waals surface area contributed by atoms with Crippen molar-refractivity contribution in [3.05, 3.63) is 11.1 Å². The van der Waals surface area contributed by atoms with Gasteiger partial charge in [0, 0.05) is 11.9 Å². The molecule has 0 saturated carbocycles. The third-order valence-corrected chi connectivity index (χ3v) is 2.74. The van der Waals surface area contributed by atoms with Crippen molar-refractivity contribution in [2.24, 2.45) is 5.92 Å². The van der Waals surface area contributed by atoms with E-state index < -0.39 is 5.97 Å². The lowest BCUT2D eigenvalue weighted by Gasteiger charge is -2.05. The molecule has 0 spiro atoms. The van der Waals surface area contributed by atoms with Crippen LogP contribution in [-0.2, 0) is 11.2 Å². The van der Waals surface area contributed by atoms with Crippen molar-refractivity contribution in [3.8, 4) is 0 Å². The number of aliphatic carboxylic acids is 1. The maximum Gasteiger partial charge on any atom is 0.308 e. The highest BCUT2D eigenvalue weighted by atomic mass is 32.1. The molecule has 2 N–H and O–H groups in total. The smallest absolute Gasteiger partial charge is 0.308 e. The number of hydrogen-bond donors (Lipinski definition) is 2. The molecule has 0 aliphatic rings. The highest BCUT2D eigenvalue weighted by molar-refractivity contribution is 7.13. The predicted octanol–water partition coefficient (Wildman–Crippen LogP) is 1.84. The van der Waals surface area contributed by atoms with E-state index in [0.29, 0.717) is 6.54 Å². The van der Waals surface area contributed by atoms with Crippen LogP contribution in [0.2, 0.25) is 0 Å². The third kappa shape index (κ3) is 2.99. The van der Waals surface area contributed by atoms with E-state index in [1.165, 1.54) is 11.3 Å². The Morgan fingerprint density at radius 3 is 3.00 bits per heavy atom.